The van der Waals surface area contributed by atoms with Crippen LogP contribution in [-0.4, -0.2) is 41.1 Å². The number of aryl methyl sites for hydroxylation is 1. The summed E-state index contributed by atoms with van der Waals surface area (Å²) in [5, 5.41) is 3.83. The first kappa shape index (κ1) is 17.1. The Hall–Kier alpha value is -3.00. The molecule has 2 amide bonds. The van der Waals surface area contributed by atoms with E-state index in [1.807, 2.05) is 24.3 Å². The fraction of sp³-hybridized carbons (Fsp3) is 0.400. The Morgan fingerprint density at radius 3 is 2.68 bits per heavy atom. The molecule has 2 aliphatic heterocycles. The highest BCUT2D eigenvalue weighted by Crippen LogP contribution is 2.28. The van der Waals surface area contributed by atoms with E-state index in [4.69, 9.17) is 8.94 Å². The maximum atomic E-state index is 12.9. The van der Waals surface area contributed by atoms with Gasteiger partial charge in [0.25, 0.3) is 5.91 Å². The van der Waals surface area contributed by atoms with E-state index in [9.17, 15) is 9.59 Å². The number of para-hydroxylation sites is 2. The lowest BCUT2D eigenvalue weighted by atomic mass is 9.95. The number of imide groups is 1. The highest BCUT2D eigenvalue weighted by atomic mass is 16.5. The summed E-state index contributed by atoms with van der Waals surface area (Å²) in [5.41, 5.74) is 1.68. The smallest absolute Gasteiger partial charge is 0.293 e. The molecule has 144 valence electrons. The van der Waals surface area contributed by atoms with Gasteiger partial charge in [0.1, 0.15) is 11.3 Å². The molecule has 0 radical (unpaired) electrons. The summed E-state index contributed by atoms with van der Waals surface area (Å²) in [5.74, 6) is 1.48. The minimum atomic E-state index is -0.353. The molecule has 2 aliphatic rings. The van der Waals surface area contributed by atoms with Gasteiger partial charge in [0, 0.05) is 24.8 Å². The SMILES string of the molecule is Cc1cc(N2C(=O)C[C@H]([NH+]3CCC(c4nc5ccccc5o4)CC3)C2=O)no1. The first-order valence-electron chi connectivity index (χ1n) is 9.60. The third kappa shape index (κ3) is 2.80. The van der Waals surface area contributed by atoms with Gasteiger partial charge in [-0.05, 0) is 19.1 Å². The number of amides is 2. The van der Waals surface area contributed by atoms with Crippen molar-refractivity contribution in [3.05, 3.63) is 42.0 Å². The van der Waals surface area contributed by atoms with Crippen LogP contribution in [0.3, 0.4) is 0 Å². The Bertz CT molecular complexity index is 1010. The molecule has 0 aliphatic carbocycles. The zero-order valence-electron chi connectivity index (χ0n) is 15.6. The van der Waals surface area contributed by atoms with Crippen LogP contribution in [0, 0.1) is 6.92 Å². The standard InChI is InChI=1S/C20H20N4O4/c1-12-10-17(22-28-12)24-18(25)11-15(20(24)26)23-8-6-13(7-9-23)19-21-14-4-2-3-5-16(14)27-19/h2-5,10,13,15H,6-9,11H2,1H3/p+1/t15-/m0/s1. The van der Waals surface area contributed by atoms with Crippen LogP contribution in [-0.2, 0) is 9.59 Å². The number of oxazole rings is 1. The summed E-state index contributed by atoms with van der Waals surface area (Å²) < 4.78 is 10.9. The molecule has 4 heterocycles. The number of hydrogen-bond acceptors (Lipinski definition) is 6. The average Bonchev–Trinajstić information content (AvgIpc) is 3.39. The van der Waals surface area contributed by atoms with Crippen molar-refractivity contribution in [2.45, 2.75) is 38.1 Å². The van der Waals surface area contributed by atoms with Crippen molar-refractivity contribution in [1.82, 2.24) is 10.1 Å². The Kier molecular flexibility index (Phi) is 4.01. The highest BCUT2D eigenvalue weighted by Gasteiger charge is 2.47. The van der Waals surface area contributed by atoms with Crippen molar-refractivity contribution in [3.8, 4) is 0 Å². The van der Waals surface area contributed by atoms with Gasteiger partial charge in [-0.3, -0.25) is 9.59 Å². The van der Waals surface area contributed by atoms with Crippen LogP contribution >= 0.6 is 0 Å². The van der Waals surface area contributed by atoms with E-state index in [1.165, 1.54) is 4.90 Å². The molecule has 2 saturated heterocycles. The Morgan fingerprint density at radius 2 is 1.96 bits per heavy atom. The molecule has 0 unspecified atom stereocenters. The highest BCUT2D eigenvalue weighted by molar-refractivity contribution is 6.21. The largest absolute Gasteiger partial charge is 0.440 e. The average molecular weight is 381 g/mol. The second-order valence-corrected chi connectivity index (χ2v) is 7.57. The van der Waals surface area contributed by atoms with Gasteiger partial charge in [0.2, 0.25) is 5.91 Å². The third-order valence-electron chi connectivity index (χ3n) is 5.77. The summed E-state index contributed by atoms with van der Waals surface area (Å²) in [7, 11) is 0. The number of aromatic nitrogens is 2. The number of nitrogens with zero attached hydrogens (tertiary/aromatic N) is 3. The molecule has 5 rings (SSSR count). The van der Waals surface area contributed by atoms with Crippen LogP contribution in [0.25, 0.3) is 11.1 Å². The number of likely N-dealkylation sites (tertiary alicyclic amines) is 1. The molecule has 8 heteroatoms. The van der Waals surface area contributed by atoms with E-state index in [0.717, 1.165) is 47.8 Å². The van der Waals surface area contributed by atoms with Gasteiger partial charge in [0.05, 0.1) is 19.5 Å². The van der Waals surface area contributed by atoms with Crippen molar-refractivity contribution < 1.29 is 23.4 Å². The zero-order valence-corrected chi connectivity index (χ0v) is 15.6. The van der Waals surface area contributed by atoms with Gasteiger partial charge in [-0.25, -0.2) is 9.88 Å². The van der Waals surface area contributed by atoms with Crippen LogP contribution in [0.1, 0.15) is 36.8 Å². The second-order valence-electron chi connectivity index (χ2n) is 7.57. The molecule has 2 fully saturated rings. The Balaban J connectivity index is 1.28. The maximum absolute atomic E-state index is 12.9. The minimum Gasteiger partial charge on any atom is -0.440 e. The molecule has 1 aromatic carbocycles. The van der Waals surface area contributed by atoms with Crippen LogP contribution < -0.4 is 9.80 Å². The molecular formula is C20H21N4O4+. The molecule has 1 N–H and O–H groups in total. The molecule has 1 atom stereocenters. The first-order chi connectivity index (χ1) is 13.6. The fourth-order valence-corrected chi connectivity index (χ4v) is 4.30. The predicted molar refractivity (Wildman–Crippen MR) is 98.8 cm³/mol. The summed E-state index contributed by atoms with van der Waals surface area (Å²) in [6.07, 6.45) is 1.97. The molecule has 2 aromatic heterocycles. The molecule has 0 saturated carbocycles. The number of hydrogen-bond donors (Lipinski definition) is 1. The first-order valence-corrected chi connectivity index (χ1v) is 9.60. The van der Waals surface area contributed by atoms with Gasteiger partial charge < -0.3 is 13.8 Å². The number of piperidine rings is 1. The number of rotatable bonds is 3. The van der Waals surface area contributed by atoms with E-state index >= 15 is 0 Å². The third-order valence-corrected chi connectivity index (χ3v) is 5.77. The van der Waals surface area contributed by atoms with Gasteiger partial charge >= 0.3 is 0 Å². The summed E-state index contributed by atoms with van der Waals surface area (Å²) in [6, 6.07) is 9.03. The molecule has 8 nitrogen and oxygen atoms in total. The molecule has 0 bridgehead atoms. The molecular weight excluding hydrogens is 360 g/mol. The van der Waals surface area contributed by atoms with Crippen molar-refractivity contribution in [2.75, 3.05) is 18.0 Å². The van der Waals surface area contributed by atoms with Crippen LogP contribution in [0.2, 0.25) is 0 Å². The molecule has 0 spiro atoms. The summed E-state index contributed by atoms with van der Waals surface area (Å²) in [6.45, 7) is 3.35. The Morgan fingerprint density at radius 1 is 1.18 bits per heavy atom. The lowest BCUT2D eigenvalue weighted by molar-refractivity contribution is -0.920. The zero-order chi connectivity index (χ0) is 19.3. The number of carbonyl (C=O) groups excluding carboxylic acids is 2. The lowest BCUT2D eigenvalue weighted by Crippen LogP contribution is -3.17. The summed E-state index contributed by atoms with van der Waals surface area (Å²) >= 11 is 0. The van der Waals surface area contributed by atoms with Crippen molar-refractivity contribution >= 4 is 28.7 Å². The van der Waals surface area contributed by atoms with E-state index < -0.39 is 0 Å². The fourth-order valence-electron chi connectivity index (χ4n) is 4.30. The normalized spacial score (nSPS) is 25.8. The number of nitrogens with one attached hydrogen (secondary N) is 1. The molecule has 3 aromatic rings. The summed E-state index contributed by atoms with van der Waals surface area (Å²) in [4.78, 5) is 32.2. The van der Waals surface area contributed by atoms with Crippen LogP contribution in [0.4, 0.5) is 5.82 Å². The van der Waals surface area contributed by atoms with Crippen LogP contribution in [0.15, 0.2) is 39.3 Å². The van der Waals surface area contributed by atoms with Gasteiger partial charge in [-0.1, -0.05) is 17.3 Å². The number of benzene rings is 1. The number of fused-ring (bicyclic) bond motifs is 1. The second kappa shape index (κ2) is 6.56. The Labute approximate surface area is 161 Å². The van der Waals surface area contributed by atoms with Crippen LogP contribution in [0.5, 0.6) is 0 Å². The maximum Gasteiger partial charge on any atom is 0.293 e. The van der Waals surface area contributed by atoms with Gasteiger partial charge in [-0.2, -0.15) is 0 Å². The van der Waals surface area contributed by atoms with E-state index in [1.54, 1.807) is 13.0 Å². The molecule has 28 heavy (non-hydrogen) atoms. The van der Waals surface area contributed by atoms with E-state index in [-0.39, 0.29) is 36.0 Å². The number of quaternary nitrogens is 1. The topological polar surface area (TPSA) is 93.9 Å². The van der Waals surface area contributed by atoms with E-state index in [0.29, 0.717) is 5.76 Å². The number of carbonyl (C=O) groups is 2. The quantitative estimate of drug-likeness (QED) is 0.686. The number of anilines is 1. The van der Waals surface area contributed by atoms with Gasteiger partial charge in [-0.15, -0.1) is 0 Å². The van der Waals surface area contributed by atoms with Crippen molar-refractivity contribution in [1.29, 1.82) is 0 Å². The van der Waals surface area contributed by atoms with Crippen molar-refractivity contribution in [2.24, 2.45) is 0 Å². The monoisotopic (exact) mass is 381 g/mol. The van der Waals surface area contributed by atoms with Gasteiger partial charge in [0.15, 0.2) is 23.3 Å². The lowest BCUT2D eigenvalue weighted by Gasteiger charge is -2.30. The minimum absolute atomic E-state index is 0.186. The predicted octanol–water partition coefficient (Wildman–Crippen LogP) is 1.22. The van der Waals surface area contributed by atoms with E-state index in [2.05, 4.69) is 10.1 Å². The van der Waals surface area contributed by atoms with Crippen molar-refractivity contribution in [3.63, 3.8) is 0 Å².